The molecule has 0 amide bonds. The molecule has 3 aromatic rings. The van der Waals surface area contributed by atoms with Crippen LogP contribution in [-0.2, 0) is 6.54 Å². The predicted octanol–water partition coefficient (Wildman–Crippen LogP) is 3.60. The van der Waals surface area contributed by atoms with Gasteiger partial charge in [0.05, 0.1) is 18.8 Å². The molecule has 0 N–H and O–H groups in total. The molecule has 0 spiro atoms. The summed E-state index contributed by atoms with van der Waals surface area (Å²) in [6.07, 6.45) is 1.37. The minimum absolute atomic E-state index is 0.0472. The molecule has 9 heteroatoms. The van der Waals surface area contributed by atoms with Gasteiger partial charge in [-0.1, -0.05) is 60.9 Å². The first-order chi connectivity index (χ1) is 12.0. The molecule has 2 heterocycles. The van der Waals surface area contributed by atoms with Gasteiger partial charge in [-0.2, -0.15) is 9.61 Å². The third-order valence-corrected chi connectivity index (χ3v) is 4.13. The Kier molecular flexibility index (Phi) is 4.74. The lowest BCUT2D eigenvalue weighted by atomic mass is 10.0. The summed E-state index contributed by atoms with van der Waals surface area (Å²) in [5.74, 6) is 0.325. The summed E-state index contributed by atoms with van der Waals surface area (Å²) in [5.41, 5.74) is 9.72. The number of fused-ring (bicyclic) bond motifs is 1. The number of hydrogen-bond donors (Lipinski definition) is 0. The molecular weight excluding hydrogens is 342 g/mol. The van der Waals surface area contributed by atoms with Gasteiger partial charge in [-0.25, -0.2) is 9.78 Å². The molecule has 3 rings (SSSR count). The van der Waals surface area contributed by atoms with Crippen LogP contribution in [0.4, 0.5) is 0 Å². The van der Waals surface area contributed by atoms with Crippen molar-refractivity contribution in [3.8, 4) is 0 Å². The van der Waals surface area contributed by atoms with E-state index in [1.54, 1.807) is 0 Å². The Hall–Kier alpha value is -2.83. The van der Waals surface area contributed by atoms with E-state index in [0.717, 1.165) is 10.1 Å². The van der Waals surface area contributed by atoms with Crippen molar-refractivity contribution in [1.82, 2.24) is 19.2 Å². The smallest absolute Gasteiger partial charge is 0.275 e. The van der Waals surface area contributed by atoms with Crippen LogP contribution in [0.2, 0.25) is 5.02 Å². The summed E-state index contributed by atoms with van der Waals surface area (Å²) in [7, 11) is 0. The molecule has 1 unspecified atom stereocenters. The molecule has 0 aliphatic carbocycles. The van der Waals surface area contributed by atoms with Gasteiger partial charge in [0.25, 0.3) is 0 Å². The first-order valence-corrected chi connectivity index (χ1v) is 8.12. The van der Waals surface area contributed by atoms with Crippen molar-refractivity contribution in [3.05, 3.63) is 73.9 Å². The predicted molar refractivity (Wildman–Crippen MR) is 94.5 cm³/mol. The van der Waals surface area contributed by atoms with Gasteiger partial charge in [-0.05, 0) is 17.0 Å². The quantitative estimate of drug-likeness (QED) is 0.396. The first-order valence-electron chi connectivity index (χ1n) is 7.75. The minimum Gasteiger partial charge on any atom is -0.275 e. The van der Waals surface area contributed by atoms with Gasteiger partial charge in [0.1, 0.15) is 10.8 Å². The fourth-order valence-electron chi connectivity index (χ4n) is 2.62. The van der Waals surface area contributed by atoms with E-state index in [4.69, 9.17) is 17.1 Å². The lowest BCUT2D eigenvalue weighted by molar-refractivity contribution is 0.452. The Morgan fingerprint density at radius 2 is 2.04 bits per heavy atom. The van der Waals surface area contributed by atoms with E-state index in [9.17, 15) is 4.79 Å². The highest BCUT2D eigenvalue weighted by atomic mass is 35.5. The Labute approximate surface area is 148 Å². The molecule has 1 aromatic carbocycles. The molecule has 0 saturated carbocycles. The van der Waals surface area contributed by atoms with Crippen LogP contribution in [0.15, 0.2) is 46.4 Å². The highest BCUT2D eigenvalue weighted by Crippen LogP contribution is 2.26. The van der Waals surface area contributed by atoms with Crippen molar-refractivity contribution in [2.45, 2.75) is 26.4 Å². The SMILES string of the molecule is CC(C)C(N=[N+]=[N-])c1nc2c(Cl)cnn2c(=O)n1Cc1ccccc1. The molecule has 25 heavy (non-hydrogen) atoms. The van der Waals surface area contributed by atoms with Crippen molar-refractivity contribution in [2.24, 2.45) is 11.0 Å². The average Bonchev–Trinajstić information content (AvgIpc) is 2.97. The van der Waals surface area contributed by atoms with Gasteiger partial charge in [0.15, 0.2) is 5.65 Å². The van der Waals surface area contributed by atoms with Gasteiger partial charge >= 0.3 is 5.69 Å². The van der Waals surface area contributed by atoms with E-state index in [2.05, 4.69) is 20.1 Å². The van der Waals surface area contributed by atoms with E-state index < -0.39 is 6.04 Å². The topological polar surface area (TPSA) is 101 Å². The van der Waals surface area contributed by atoms with Crippen LogP contribution in [0.25, 0.3) is 16.1 Å². The number of aromatic nitrogens is 4. The molecule has 0 fully saturated rings. The highest BCUT2D eigenvalue weighted by Gasteiger charge is 2.23. The van der Waals surface area contributed by atoms with Gasteiger partial charge in [0, 0.05) is 4.91 Å². The molecule has 128 valence electrons. The highest BCUT2D eigenvalue weighted by molar-refractivity contribution is 6.33. The minimum atomic E-state index is -0.600. The lowest BCUT2D eigenvalue weighted by Crippen LogP contribution is -2.33. The summed E-state index contributed by atoms with van der Waals surface area (Å²) in [4.78, 5) is 20.3. The van der Waals surface area contributed by atoms with E-state index in [1.165, 1.54) is 10.8 Å². The molecule has 0 radical (unpaired) electrons. The number of rotatable bonds is 5. The summed E-state index contributed by atoms with van der Waals surface area (Å²) in [6, 6.07) is 8.91. The van der Waals surface area contributed by atoms with Gasteiger partial charge < -0.3 is 0 Å². The Bertz CT molecular complexity index is 1000. The average molecular weight is 358 g/mol. The summed E-state index contributed by atoms with van der Waals surface area (Å²) in [5, 5.41) is 8.11. The molecule has 0 aliphatic rings. The second-order valence-electron chi connectivity index (χ2n) is 5.95. The Morgan fingerprint density at radius 3 is 2.68 bits per heavy atom. The van der Waals surface area contributed by atoms with Crippen LogP contribution >= 0.6 is 11.6 Å². The fraction of sp³-hybridized carbons (Fsp3) is 0.312. The van der Waals surface area contributed by atoms with Gasteiger partial charge in [-0.15, -0.1) is 0 Å². The molecular formula is C16H16ClN7O. The molecule has 2 aromatic heterocycles. The summed E-state index contributed by atoms with van der Waals surface area (Å²) < 4.78 is 2.63. The molecule has 0 saturated heterocycles. The van der Waals surface area contributed by atoms with Crippen LogP contribution in [-0.4, -0.2) is 19.2 Å². The van der Waals surface area contributed by atoms with Crippen molar-refractivity contribution in [3.63, 3.8) is 0 Å². The van der Waals surface area contributed by atoms with Crippen molar-refractivity contribution in [2.75, 3.05) is 0 Å². The van der Waals surface area contributed by atoms with E-state index >= 15 is 0 Å². The number of nitrogens with zero attached hydrogens (tertiary/aromatic N) is 7. The van der Waals surface area contributed by atoms with Crippen LogP contribution in [0.3, 0.4) is 0 Å². The molecule has 8 nitrogen and oxygen atoms in total. The Morgan fingerprint density at radius 1 is 1.32 bits per heavy atom. The number of benzene rings is 1. The molecule has 1 atom stereocenters. The van der Waals surface area contributed by atoms with Crippen LogP contribution < -0.4 is 5.69 Å². The zero-order chi connectivity index (χ0) is 18.0. The van der Waals surface area contributed by atoms with E-state index in [0.29, 0.717) is 12.4 Å². The van der Waals surface area contributed by atoms with Crippen LogP contribution in [0.5, 0.6) is 0 Å². The normalized spacial score (nSPS) is 12.3. The monoisotopic (exact) mass is 357 g/mol. The second kappa shape index (κ2) is 6.96. The van der Waals surface area contributed by atoms with E-state index in [1.807, 2.05) is 44.2 Å². The fourth-order valence-corrected chi connectivity index (χ4v) is 2.79. The van der Waals surface area contributed by atoms with Crippen molar-refractivity contribution in [1.29, 1.82) is 0 Å². The zero-order valence-electron chi connectivity index (χ0n) is 13.7. The van der Waals surface area contributed by atoms with E-state index in [-0.39, 0.29) is 22.3 Å². The number of hydrogen-bond acceptors (Lipinski definition) is 4. The third-order valence-electron chi connectivity index (χ3n) is 3.87. The van der Waals surface area contributed by atoms with Crippen LogP contribution in [0, 0.1) is 5.92 Å². The Balaban J connectivity index is 2.28. The lowest BCUT2D eigenvalue weighted by Gasteiger charge is -2.20. The molecule has 0 aliphatic heterocycles. The van der Waals surface area contributed by atoms with Crippen molar-refractivity contribution >= 4 is 17.2 Å². The summed E-state index contributed by atoms with van der Waals surface area (Å²) in [6.45, 7) is 4.10. The molecule has 0 bridgehead atoms. The van der Waals surface area contributed by atoms with Crippen LogP contribution in [0.1, 0.15) is 31.3 Å². The van der Waals surface area contributed by atoms with Gasteiger partial charge in [-0.3, -0.25) is 4.57 Å². The zero-order valence-corrected chi connectivity index (χ0v) is 14.5. The second-order valence-corrected chi connectivity index (χ2v) is 6.35. The van der Waals surface area contributed by atoms with Gasteiger partial charge in [0.2, 0.25) is 0 Å². The first kappa shape index (κ1) is 17.0. The standard InChI is InChI=1S/C16H16ClN7O/c1-10(2)13(21-22-18)15-20-14-12(17)8-19-24(14)16(25)23(15)9-11-6-4-3-5-7-11/h3-8,10,13H,9H2,1-2H3. The summed E-state index contributed by atoms with van der Waals surface area (Å²) >= 11 is 6.09. The largest absolute Gasteiger partial charge is 0.352 e. The maximum absolute atomic E-state index is 12.9. The maximum Gasteiger partial charge on any atom is 0.352 e. The maximum atomic E-state index is 12.9. The third kappa shape index (κ3) is 3.22. The number of halogens is 1. The van der Waals surface area contributed by atoms with Crippen molar-refractivity contribution < 1.29 is 0 Å². The number of azide groups is 1.